The first-order valence-electron chi connectivity index (χ1n) is 8.07. The Morgan fingerprint density at radius 1 is 1.12 bits per heavy atom. The molecule has 124 valence electrons. The Morgan fingerprint density at radius 3 is 2.38 bits per heavy atom. The molecule has 1 atom stereocenters. The Labute approximate surface area is 143 Å². The van der Waals surface area contributed by atoms with E-state index in [1.54, 1.807) is 6.92 Å². The van der Waals surface area contributed by atoms with Crippen molar-refractivity contribution in [1.29, 1.82) is 5.26 Å². The minimum absolute atomic E-state index is 0.0306. The van der Waals surface area contributed by atoms with E-state index in [0.717, 1.165) is 16.8 Å². The Kier molecular flexibility index (Phi) is 5.59. The van der Waals surface area contributed by atoms with Gasteiger partial charge in [0.25, 0.3) is 0 Å². The molecule has 4 nitrogen and oxygen atoms in total. The number of rotatable bonds is 6. The maximum absolute atomic E-state index is 12.2. The smallest absolute Gasteiger partial charge is 0.240 e. The van der Waals surface area contributed by atoms with Crippen molar-refractivity contribution in [1.82, 2.24) is 5.32 Å². The normalized spacial score (nSPS) is 13.0. The second-order valence-electron chi connectivity index (χ2n) is 6.28. The molecule has 24 heavy (non-hydrogen) atoms. The topological polar surface area (TPSA) is 64.9 Å². The van der Waals surface area contributed by atoms with Gasteiger partial charge in [0.1, 0.15) is 5.54 Å². The van der Waals surface area contributed by atoms with E-state index in [0.29, 0.717) is 0 Å². The minimum Gasteiger partial charge on any atom is -0.376 e. The summed E-state index contributed by atoms with van der Waals surface area (Å²) in [5, 5.41) is 15.3. The van der Waals surface area contributed by atoms with Gasteiger partial charge in [-0.3, -0.25) is 4.79 Å². The summed E-state index contributed by atoms with van der Waals surface area (Å²) in [6, 6.07) is 20.1. The van der Waals surface area contributed by atoms with Crippen LogP contribution >= 0.6 is 0 Å². The third-order valence-electron chi connectivity index (χ3n) is 4.24. The summed E-state index contributed by atoms with van der Waals surface area (Å²) in [7, 11) is 0. The highest BCUT2D eigenvalue weighted by Gasteiger charge is 2.29. The fourth-order valence-corrected chi connectivity index (χ4v) is 2.32. The standard InChI is InChI=1S/C20H23N3O/c1-15(2)20(3,14-21)23-19(24)13-22-18-12-8-7-11-17(18)16-9-5-4-6-10-16/h4-12,15,22H,13H2,1-3H3,(H,23,24)/t20-/m1/s1. The van der Waals surface area contributed by atoms with Crippen LogP contribution in [0, 0.1) is 17.2 Å². The van der Waals surface area contributed by atoms with Crippen LogP contribution in [0.5, 0.6) is 0 Å². The van der Waals surface area contributed by atoms with Gasteiger partial charge in [0.05, 0.1) is 12.6 Å². The lowest BCUT2D eigenvalue weighted by Crippen LogP contribution is -2.50. The van der Waals surface area contributed by atoms with Crippen molar-refractivity contribution in [3.63, 3.8) is 0 Å². The average molecular weight is 321 g/mol. The maximum atomic E-state index is 12.2. The Hall–Kier alpha value is -2.80. The summed E-state index contributed by atoms with van der Waals surface area (Å²) in [5.74, 6) is -0.168. The Morgan fingerprint density at radius 2 is 1.75 bits per heavy atom. The average Bonchev–Trinajstić information content (AvgIpc) is 2.60. The SMILES string of the molecule is CC(C)[C@@](C)(C#N)NC(=O)CNc1ccccc1-c1ccccc1. The van der Waals surface area contributed by atoms with E-state index in [-0.39, 0.29) is 18.4 Å². The summed E-state index contributed by atoms with van der Waals surface area (Å²) >= 11 is 0. The van der Waals surface area contributed by atoms with Gasteiger partial charge in [-0.05, 0) is 24.5 Å². The van der Waals surface area contributed by atoms with E-state index in [2.05, 4.69) is 16.7 Å². The fourth-order valence-electron chi connectivity index (χ4n) is 2.32. The number of para-hydroxylation sites is 1. The highest BCUT2D eigenvalue weighted by Crippen LogP contribution is 2.27. The zero-order chi connectivity index (χ0) is 17.6. The number of amides is 1. The molecule has 2 rings (SSSR count). The van der Waals surface area contributed by atoms with E-state index >= 15 is 0 Å². The van der Waals surface area contributed by atoms with Crippen LogP contribution in [0.25, 0.3) is 11.1 Å². The van der Waals surface area contributed by atoms with Gasteiger partial charge in [-0.1, -0.05) is 62.4 Å². The molecule has 2 aromatic rings. The zero-order valence-electron chi connectivity index (χ0n) is 14.3. The number of carbonyl (C=O) groups excluding carboxylic acids is 1. The molecule has 2 aromatic carbocycles. The molecule has 0 saturated carbocycles. The molecule has 1 amide bonds. The maximum Gasteiger partial charge on any atom is 0.240 e. The number of nitrogens with zero attached hydrogens (tertiary/aromatic N) is 1. The lowest BCUT2D eigenvalue weighted by molar-refractivity contribution is -0.121. The molecule has 0 aliphatic heterocycles. The number of benzene rings is 2. The van der Waals surface area contributed by atoms with Crippen molar-refractivity contribution < 1.29 is 4.79 Å². The Balaban J connectivity index is 2.08. The largest absolute Gasteiger partial charge is 0.376 e. The molecular formula is C20H23N3O. The van der Waals surface area contributed by atoms with Gasteiger partial charge in [0.2, 0.25) is 5.91 Å². The van der Waals surface area contributed by atoms with Crippen molar-refractivity contribution in [2.75, 3.05) is 11.9 Å². The van der Waals surface area contributed by atoms with E-state index < -0.39 is 5.54 Å². The van der Waals surface area contributed by atoms with Crippen LogP contribution in [0.2, 0.25) is 0 Å². The van der Waals surface area contributed by atoms with Crippen molar-refractivity contribution in [3.8, 4) is 17.2 Å². The molecule has 0 aliphatic carbocycles. The van der Waals surface area contributed by atoms with E-state index in [9.17, 15) is 10.1 Å². The third-order valence-corrected chi connectivity index (χ3v) is 4.24. The third kappa shape index (κ3) is 4.14. The summed E-state index contributed by atoms with van der Waals surface area (Å²) in [6.45, 7) is 5.70. The minimum atomic E-state index is -0.863. The number of hydrogen-bond acceptors (Lipinski definition) is 3. The van der Waals surface area contributed by atoms with Crippen LogP contribution < -0.4 is 10.6 Å². The van der Waals surface area contributed by atoms with Gasteiger partial charge >= 0.3 is 0 Å². The molecule has 0 aliphatic rings. The molecule has 0 fully saturated rings. The van der Waals surface area contributed by atoms with Crippen molar-refractivity contribution in [2.45, 2.75) is 26.3 Å². The molecule has 0 radical (unpaired) electrons. The zero-order valence-corrected chi connectivity index (χ0v) is 14.3. The highest BCUT2D eigenvalue weighted by molar-refractivity contribution is 5.85. The fraction of sp³-hybridized carbons (Fsp3) is 0.300. The quantitative estimate of drug-likeness (QED) is 0.850. The predicted octanol–water partition coefficient (Wildman–Crippen LogP) is 3.82. The number of nitriles is 1. The summed E-state index contributed by atoms with van der Waals surface area (Å²) in [4.78, 5) is 12.2. The molecule has 0 unspecified atom stereocenters. The van der Waals surface area contributed by atoms with Gasteiger partial charge in [0.15, 0.2) is 0 Å². The monoisotopic (exact) mass is 321 g/mol. The lowest BCUT2D eigenvalue weighted by atomic mass is 9.90. The van der Waals surface area contributed by atoms with Gasteiger partial charge in [-0.15, -0.1) is 0 Å². The number of carbonyl (C=O) groups is 1. The van der Waals surface area contributed by atoms with Crippen LogP contribution in [-0.2, 0) is 4.79 Å². The number of hydrogen-bond donors (Lipinski definition) is 2. The molecule has 0 bridgehead atoms. The van der Waals surface area contributed by atoms with Crippen molar-refractivity contribution in [3.05, 3.63) is 54.6 Å². The second-order valence-corrected chi connectivity index (χ2v) is 6.28. The van der Waals surface area contributed by atoms with Crippen LogP contribution in [0.3, 0.4) is 0 Å². The summed E-state index contributed by atoms with van der Waals surface area (Å²) < 4.78 is 0. The van der Waals surface area contributed by atoms with Crippen LogP contribution in [-0.4, -0.2) is 18.0 Å². The van der Waals surface area contributed by atoms with Gasteiger partial charge in [0, 0.05) is 11.3 Å². The molecule has 0 saturated heterocycles. The first-order chi connectivity index (χ1) is 11.5. The summed E-state index contributed by atoms with van der Waals surface area (Å²) in [5.41, 5.74) is 2.16. The van der Waals surface area contributed by atoms with Crippen LogP contribution in [0.1, 0.15) is 20.8 Å². The number of anilines is 1. The molecule has 0 spiro atoms. The van der Waals surface area contributed by atoms with Gasteiger partial charge in [-0.2, -0.15) is 5.26 Å². The lowest BCUT2D eigenvalue weighted by Gasteiger charge is -2.27. The molecule has 2 N–H and O–H groups in total. The highest BCUT2D eigenvalue weighted by atomic mass is 16.2. The van der Waals surface area contributed by atoms with Crippen molar-refractivity contribution >= 4 is 11.6 Å². The van der Waals surface area contributed by atoms with E-state index in [1.807, 2.05) is 68.4 Å². The molecule has 0 heterocycles. The van der Waals surface area contributed by atoms with Crippen LogP contribution in [0.15, 0.2) is 54.6 Å². The van der Waals surface area contributed by atoms with Crippen molar-refractivity contribution in [2.24, 2.45) is 5.92 Å². The molecule has 0 aromatic heterocycles. The van der Waals surface area contributed by atoms with Crippen LogP contribution in [0.4, 0.5) is 5.69 Å². The van der Waals surface area contributed by atoms with Gasteiger partial charge < -0.3 is 10.6 Å². The molecule has 4 heteroatoms. The Bertz CT molecular complexity index is 734. The first kappa shape index (κ1) is 17.6. The van der Waals surface area contributed by atoms with E-state index in [4.69, 9.17) is 0 Å². The first-order valence-corrected chi connectivity index (χ1v) is 8.07. The summed E-state index contributed by atoms with van der Waals surface area (Å²) in [6.07, 6.45) is 0. The second kappa shape index (κ2) is 7.65. The van der Waals surface area contributed by atoms with E-state index in [1.165, 1.54) is 0 Å². The predicted molar refractivity (Wildman–Crippen MR) is 97.4 cm³/mol. The number of nitrogens with one attached hydrogen (secondary N) is 2. The molecular weight excluding hydrogens is 298 g/mol. The van der Waals surface area contributed by atoms with Gasteiger partial charge in [-0.25, -0.2) is 0 Å².